The molecule has 0 saturated heterocycles. The van der Waals surface area contributed by atoms with Crippen molar-refractivity contribution >= 4 is 5.91 Å². The third kappa shape index (κ3) is 3.58. The van der Waals surface area contributed by atoms with Gasteiger partial charge in [0, 0.05) is 12.1 Å². The number of benzene rings is 1. The molecule has 1 aliphatic rings. The minimum atomic E-state index is 0.0564. The van der Waals surface area contributed by atoms with Crippen molar-refractivity contribution in [3.8, 4) is 0 Å². The molecule has 1 fully saturated rings. The van der Waals surface area contributed by atoms with Crippen LogP contribution in [0.4, 0.5) is 0 Å². The first kappa shape index (κ1) is 12.2. The number of nitrogens with one attached hydrogen (secondary N) is 1. The average Bonchev–Trinajstić information content (AvgIpc) is 3.13. The second-order valence-corrected chi connectivity index (χ2v) is 5.26. The largest absolute Gasteiger partial charge is 0.352 e. The molecule has 0 radical (unpaired) electrons. The molecule has 0 aliphatic heterocycles. The molecule has 1 amide bonds. The number of carbonyl (C=O) groups is 1. The Balaban J connectivity index is 1.84. The van der Waals surface area contributed by atoms with E-state index >= 15 is 0 Å². The van der Waals surface area contributed by atoms with E-state index < -0.39 is 0 Å². The lowest BCUT2D eigenvalue weighted by molar-refractivity contribution is 0.0952. The van der Waals surface area contributed by atoms with Gasteiger partial charge in [0.2, 0.25) is 0 Å². The van der Waals surface area contributed by atoms with Gasteiger partial charge in [-0.1, -0.05) is 38.8 Å². The summed E-state index contributed by atoms with van der Waals surface area (Å²) in [6.45, 7) is 5.13. The number of rotatable bonds is 5. The SMILES string of the molecule is CC(C)c1ccc(C(=O)NCCC2CC2)cc1. The van der Waals surface area contributed by atoms with Crippen molar-refractivity contribution in [3.63, 3.8) is 0 Å². The summed E-state index contributed by atoms with van der Waals surface area (Å²) in [6, 6.07) is 7.92. The van der Waals surface area contributed by atoms with Gasteiger partial charge in [-0.3, -0.25) is 4.79 Å². The molecule has 17 heavy (non-hydrogen) atoms. The van der Waals surface area contributed by atoms with Gasteiger partial charge >= 0.3 is 0 Å². The van der Waals surface area contributed by atoms with Crippen molar-refractivity contribution in [2.45, 2.75) is 39.0 Å². The normalized spacial score (nSPS) is 15.0. The minimum absolute atomic E-state index is 0.0564. The van der Waals surface area contributed by atoms with E-state index in [-0.39, 0.29) is 5.91 Å². The van der Waals surface area contributed by atoms with Crippen LogP contribution in [0, 0.1) is 5.92 Å². The summed E-state index contributed by atoms with van der Waals surface area (Å²) in [4.78, 5) is 11.8. The maximum Gasteiger partial charge on any atom is 0.251 e. The second-order valence-electron chi connectivity index (χ2n) is 5.26. The summed E-state index contributed by atoms with van der Waals surface area (Å²) in [5, 5.41) is 2.98. The van der Waals surface area contributed by atoms with Crippen molar-refractivity contribution in [1.29, 1.82) is 0 Å². The van der Waals surface area contributed by atoms with Crippen molar-refractivity contribution in [3.05, 3.63) is 35.4 Å². The van der Waals surface area contributed by atoms with Crippen LogP contribution in [0.25, 0.3) is 0 Å². The highest BCUT2D eigenvalue weighted by molar-refractivity contribution is 5.94. The molecule has 0 unspecified atom stereocenters. The summed E-state index contributed by atoms with van der Waals surface area (Å²) in [5.41, 5.74) is 2.05. The van der Waals surface area contributed by atoms with E-state index in [0.717, 1.165) is 24.4 Å². The van der Waals surface area contributed by atoms with Gasteiger partial charge in [0.05, 0.1) is 0 Å². The molecule has 0 heterocycles. The van der Waals surface area contributed by atoms with Crippen LogP contribution in [-0.4, -0.2) is 12.5 Å². The quantitative estimate of drug-likeness (QED) is 0.827. The van der Waals surface area contributed by atoms with Gasteiger partial charge in [0.25, 0.3) is 5.91 Å². The predicted octanol–water partition coefficient (Wildman–Crippen LogP) is 3.34. The van der Waals surface area contributed by atoms with Gasteiger partial charge in [0.15, 0.2) is 0 Å². The molecule has 1 aromatic carbocycles. The molecule has 0 bridgehead atoms. The Morgan fingerprint density at radius 1 is 1.29 bits per heavy atom. The zero-order valence-electron chi connectivity index (χ0n) is 10.7. The summed E-state index contributed by atoms with van der Waals surface area (Å²) in [5.74, 6) is 1.45. The minimum Gasteiger partial charge on any atom is -0.352 e. The van der Waals surface area contributed by atoms with Gasteiger partial charge in [-0.05, 0) is 36.0 Å². The molecule has 0 atom stereocenters. The Morgan fingerprint density at radius 3 is 2.47 bits per heavy atom. The third-order valence-corrected chi connectivity index (χ3v) is 3.37. The van der Waals surface area contributed by atoms with Crippen LogP contribution in [0.2, 0.25) is 0 Å². The van der Waals surface area contributed by atoms with Gasteiger partial charge < -0.3 is 5.32 Å². The molecule has 2 rings (SSSR count). The Labute approximate surface area is 103 Å². The van der Waals surface area contributed by atoms with Crippen LogP contribution in [0.15, 0.2) is 24.3 Å². The van der Waals surface area contributed by atoms with Crippen molar-refractivity contribution in [2.75, 3.05) is 6.54 Å². The van der Waals surface area contributed by atoms with Crippen LogP contribution in [0.3, 0.4) is 0 Å². The Morgan fingerprint density at radius 2 is 1.94 bits per heavy atom. The van der Waals surface area contributed by atoms with E-state index in [1.54, 1.807) is 0 Å². The Kier molecular flexibility index (Phi) is 3.82. The lowest BCUT2D eigenvalue weighted by Gasteiger charge is -2.07. The third-order valence-electron chi connectivity index (χ3n) is 3.37. The summed E-state index contributed by atoms with van der Waals surface area (Å²) in [7, 11) is 0. The zero-order valence-corrected chi connectivity index (χ0v) is 10.7. The molecule has 1 aromatic rings. The number of hydrogen-bond acceptors (Lipinski definition) is 1. The fourth-order valence-corrected chi connectivity index (χ4v) is 1.92. The van der Waals surface area contributed by atoms with Crippen molar-refractivity contribution < 1.29 is 4.79 Å². The molecule has 0 aromatic heterocycles. The summed E-state index contributed by atoms with van der Waals surface area (Å²) in [6.07, 6.45) is 3.83. The molecule has 0 spiro atoms. The van der Waals surface area contributed by atoms with E-state index in [0.29, 0.717) is 5.92 Å². The average molecular weight is 231 g/mol. The first-order valence-corrected chi connectivity index (χ1v) is 6.55. The molecule has 1 saturated carbocycles. The molecule has 1 N–H and O–H groups in total. The molecule has 92 valence electrons. The predicted molar refractivity (Wildman–Crippen MR) is 70.2 cm³/mol. The molecule has 2 nitrogen and oxygen atoms in total. The highest BCUT2D eigenvalue weighted by atomic mass is 16.1. The fourth-order valence-electron chi connectivity index (χ4n) is 1.92. The van der Waals surface area contributed by atoms with Crippen molar-refractivity contribution in [1.82, 2.24) is 5.32 Å². The lowest BCUT2D eigenvalue weighted by Crippen LogP contribution is -2.24. The number of carbonyl (C=O) groups excluding carboxylic acids is 1. The zero-order chi connectivity index (χ0) is 12.3. The number of hydrogen-bond donors (Lipinski definition) is 1. The van der Waals surface area contributed by atoms with Crippen LogP contribution < -0.4 is 5.32 Å². The van der Waals surface area contributed by atoms with Gasteiger partial charge in [-0.15, -0.1) is 0 Å². The van der Waals surface area contributed by atoms with Crippen LogP contribution in [-0.2, 0) is 0 Å². The highest BCUT2D eigenvalue weighted by Crippen LogP contribution is 2.31. The van der Waals surface area contributed by atoms with Gasteiger partial charge in [0.1, 0.15) is 0 Å². The maximum atomic E-state index is 11.8. The fraction of sp³-hybridized carbons (Fsp3) is 0.533. The number of amides is 1. The molecule has 2 heteroatoms. The summed E-state index contributed by atoms with van der Waals surface area (Å²) >= 11 is 0. The first-order valence-electron chi connectivity index (χ1n) is 6.55. The van der Waals surface area contributed by atoms with E-state index in [1.165, 1.54) is 18.4 Å². The van der Waals surface area contributed by atoms with E-state index in [2.05, 4.69) is 19.2 Å². The van der Waals surface area contributed by atoms with Crippen LogP contribution in [0.5, 0.6) is 0 Å². The topological polar surface area (TPSA) is 29.1 Å². The molecular weight excluding hydrogens is 210 g/mol. The van der Waals surface area contributed by atoms with E-state index in [9.17, 15) is 4.79 Å². The maximum absolute atomic E-state index is 11.8. The molecule has 1 aliphatic carbocycles. The lowest BCUT2D eigenvalue weighted by atomic mass is 10.0. The standard InChI is InChI=1S/C15H21NO/c1-11(2)13-5-7-14(8-6-13)15(17)16-10-9-12-3-4-12/h5-8,11-12H,3-4,9-10H2,1-2H3,(H,16,17). The van der Waals surface area contributed by atoms with E-state index in [4.69, 9.17) is 0 Å². The molecular formula is C15H21NO. The van der Waals surface area contributed by atoms with Gasteiger partial charge in [-0.2, -0.15) is 0 Å². The Hall–Kier alpha value is -1.31. The van der Waals surface area contributed by atoms with Crippen LogP contribution in [0.1, 0.15) is 54.9 Å². The second kappa shape index (κ2) is 5.35. The smallest absolute Gasteiger partial charge is 0.251 e. The monoisotopic (exact) mass is 231 g/mol. The van der Waals surface area contributed by atoms with E-state index in [1.807, 2.05) is 24.3 Å². The van der Waals surface area contributed by atoms with Gasteiger partial charge in [-0.25, -0.2) is 0 Å². The summed E-state index contributed by atoms with van der Waals surface area (Å²) < 4.78 is 0. The highest BCUT2D eigenvalue weighted by Gasteiger charge is 2.20. The Bertz CT molecular complexity index is 376. The van der Waals surface area contributed by atoms with Crippen LogP contribution >= 0.6 is 0 Å². The van der Waals surface area contributed by atoms with Crippen molar-refractivity contribution in [2.24, 2.45) is 5.92 Å². The first-order chi connectivity index (χ1) is 8.16.